The highest BCUT2D eigenvalue weighted by atomic mass is 35.5. The maximum atomic E-state index is 11.3. The van der Waals surface area contributed by atoms with Gasteiger partial charge in [0.15, 0.2) is 0 Å². The van der Waals surface area contributed by atoms with Gasteiger partial charge in [-0.15, -0.1) is 0 Å². The lowest BCUT2D eigenvalue weighted by molar-refractivity contribution is 0.0699. The molecule has 1 aromatic heterocycles. The number of benzene rings is 2. The zero-order valence-corrected chi connectivity index (χ0v) is 14.0. The topological polar surface area (TPSA) is 64.4 Å². The largest absolute Gasteiger partial charge is 0.493 e. The molecule has 6 heteroatoms. The van der Waals surface area contributed by atoms with Crippen molar-refractivity contribution >= 4 is 28.5 Å². The second-order valence-electron chi connectivity index (χ2n) is 5.45. The first kappa shape index (κ1) is 16.3. The Morgan fingerprint density at radius 1 is 1.33 bits per heavy atom. The number of carbonyl (C=O) groups is 1. The van der Waals surface area contributed by atoms with E-state index in [0.717, 1.165) is 23.3 Å². The van der Waals surface area contributed by atoms with Crippen molar-refractivity contribution < 1.29 is 14.6 Å². The zero-order valence-electron chi connectivity index (χ0n) is 13.2. The van der Waals surface area contributed by atoms with E-state index >= 15 is 0 Å². The molecule has 0 amide bonds. The van der Waals surface area contributed by atoms with Crippen molar-refractivity contribution in [1.82, 2.24) is 9.78 Å². The Morgan fingerprint density at radius 2 is 2.17 bits per heavy atom. The van der Waals surface area contributed by atoms with Crippen molar-refractivity contribution in [2.45, 2.75) is 19.9 Å². The first-order valence-corrected chi connectivity index (χ1v) is 8.07. The smallest absolute Gasteiger partial charge is 0.336 e. The number of aromatic carboxylic acids is 1. The van der Waals surface area contributed by atoms with Crippen molar-refractivity contribution in [1.29, 1.82) is 0 Å². The quantitative estimate of drug-likeness (QED) is 0.727. The first-order valence-electron chi connectivity index (χ1n) is 7.69. The molecular weight excluding hydrogens is 328 g/mol. The van der Waals surface area contributed by atoms with E-state index in [2.05, 4.69) is 5.10 Å². The molecule has 0 bridgehead atoms. The highest BCUT2D eigenvalue weighted by Gasteiger charge is 2.13. The number of carboxylic acid groups (broad SMARTS) is 1. The Bertz CT molecular complexity index is 889. The predicted octanol–water partition coefficient (Wildman–Crippen LogP) is 4.23. The third kappa shape index (κ3) is 3.21. The molecule has 3 rings (SSSR count). The SMILES string of the molecule is CCCOc1ccc(Cl)cc1Cn1ncc2c(C(=O)O)cccc21. The van der Waals surface area contributed by atoms with Crippen molar-refractivity contribution in [3.63, 3.8) is 0 Å². The van der Waals surface area contributed by atoms with Crippen molar-refractivity contribution in [3.8, 4) is 5.75 Å². The molecule has 0 spiro atoms. The Balaban J connectivity index is 2.00. The second-order valence-corrected chi connectivity index (χ2v) is 5.88. The average Bonchev–Trinajstić information content (AvgIpc) is 2.97. The summed E-state index contributed by atoms with van der Waals surface area (Å²) in [6.45, 7) is 3.12. The summed E-state index contributed by atoms with van der Waals surface area (Å²) in [5.74, 6) is -0.200. The molecule has 0 unspecified atom stereocenters. The van der Waals surface area contributed by atoms with Gasteiger partial charge >= 0.3 is 5.97 Å². The van der Waals surface area contributed by atoms with Crippen LogP contribution in [0.25, 0.3) is 10.9 Å². The van der Waals surface area contributed by atoms with Crippen LogP contribution >= 0.6 is 11.6 Å². The van der Waals surface area contributed by atoms with Gasteiger partial charge in [-0.25, -0.2) is 4.79 Å². The van der Waals surface area contributed by atoms with Crippen molar-refractivity contribution in [3.05, 3.63) is 58.7 Å². The number of aromatic nitrogens is 2. The van der Waals surface area contributed by atoms with Crippen LogP contribution in [0.1, 0.15) is 29.3 Å². The summed E-state index contributed by atoms with van der Waals surface area (Å²) in [6, 6.07) is 10.6. The zero-order chi connectivity index (χ0) is 17.1. The summed E-state index contributed by atoms with van der Waals surface area (Å²) < 4.78 is 7.53. The number of nitrogens with zero attached hydrogens (tertiary/aromatic N) is 2. The summed E-state index contributed by atoms with van der Waals surface area (Å²) in [7, 11) is 0. The Kier molecular flexibility index (Phi) is 4.71. The van der Waals surface area contributed by atoms with Crippen LogP contribution in [-0.4, -0.2) is 27.5 Å². The fourth-order valence-electron chi connectivity index (χ4n) is 2.60. The highest BCUT2D eigenvalue weighted by Crippen LogP contribution is 2.26. The average molecular weight is 345 g/mol. The molecule has 0 aliphatic heterocycles. The van der Waals surface area contributed by atoms with E-state index in [1.54, 1.807) is 29.1 Å². The van der Waals surface area contributed by atoms with E-state index in [1.165, 1.54) is 0 Å². The minimum atomic E-state index is -0.963. The number of fused-ring (bicyclic) bond motifs is 1. The van der Waals surface area contributed by atoms with E-state index in [-0.39, 0.29) is 5.56 Å². The van der Waals surface area contributed by atoms with Crippen molar-refractivity contribution in [2.24, 2.45) is 0 Å². The molecule has 3 aromatic rings. The molecule has 5 nitrogen and oxygen atoms in total. The van der Waals surface area contributed by atoms with Gasteiger partial charge in [-0.05, 0) is 36.8 Å². The summed E-state index contributed by atoms with van der Waals surface area (Å²) in [5.41, 5.74) is 1.91. The molecule has 0 fully saturated rings. The van der Waals surface area contributed by atoms with E-state index in [9.17, 15) is 9.90 Å². The van der Waals surface area contributed by atoms with Crippen LogP contribution in [0.15, 0.2) is 42.6 Å². The van der Waals surface area contributed by atoms with Gasteiger partial charge in [-0.3, -0.25) is 4.68 Å². The summed E-state index contributed by atoms with van der Waals surface area (Å²) in [4.78, 5) is 11.3. The van der Waals surface area contributed by atoms with Crippen molar-refractivity contribution in [2.75, 3.05) is 6.61 Å². The van der Waals surface area contributed by atoms with Crippen LogP contribution in [0.3, 0.4) is 0 Å². The highest BCUT2D eigenvalue weighted by molar-refractivity contribution is 6.30. The van der Waals surface area contributed by atoms with Gasteiger partial charge in [-0.2, -0.15) is 5.10 Å². The minimum absolute atomic E-state index is 0.243. The number of carboxylic acids is 1. The summed E-state index contributed by atoms with van der Waals surface area (Å²) in [5, 5.41) is 14.9. The molecule has 1 heterocycles. The second kappa shape index (κ2) is 6.93. The number of ether oxygens (including phenoxy) is 1. The Morgan fingerprint density at radius 3 is 2.92 bits per heavy atom. The monoisotopic (exact) mass is 344 g/mol. The van der Waals surface area contributed by atoms with Gasteiger partial charge in [0.25, 0.3) is 0 Å². The van der Waals surface area contributed by atoms with Crippen LogP contribution in [0.4, 0.5) is 0 Å². The van der Waals surface area contributed by atoms with Crippen LogP contribution < -0.4 is 4.74 Å². The van der Waals surface area contributed by atoms with E-state index in [4.69, 9.17) is 16.3 Å². The third-order valence-electron chi connectivity index (χ3n) is 3.72. The third-order valence-corrected chi connectivity index (χ3v) is 3.96. The molecule has 2 aromatic carbocycles. The van der Waals surface area contributed by atoms with Crippen LogP contribution in [-0.2, 0) is 6.54 Å². The van der Waals surface area contributed by atoms with E-state index in [1.807, 2.05) is 25.1 Å². The molecule has 24 heavy (non-hydrogen) atoms. The fourth-order valence-corrected chi connectivity index (χ4v) is 2.80. The van der Waals surface area contributed by atoms with Crippen LogP contribution in [0, 0.1) is 0 Å². The van der Waals surface area contributed by atoms with Gasteiger partial charge < -0.3 is 9.84 Å². The fraction of sp³-hybridized carbons (Fsp3) is 0.222. The van der Waals surface area contributed by atoms with Crippen LogP contribution in [0.2, 0.25) is 5.02 Å². The van der Waals surface area contributed by atoms with Gasteiger partial charge in [0.1, 0.15) is 5.75 Å². The normalized spacial score (nSPS) is 10.9. The number of rotatable bonds is 6. The van der Waals surface area contributed by atoms with Gasteiger partial charge in [0, 0.05) is 16.0 Å². The minimum Gasteiger partial charge on any atom is -0.493 e. The molecule has 0 aliphatic carbocycles. The van der Waals surface area contributed by atoms with Gasteiger partial charge in [-0.1, -0.05) is 24.6 Å². The van der Waals surface area contributed by atoms with Gasteiger partial charge in [0.2, 0.25) is 0 Å². The van der Waals surface area contributed by atoms with Gasteiger partial charge in [0.05, 0.1) is 30.4 Å². The molecule has 124 valence electrons. The summed E-state index contributed by atoms with van der Waals surface area (Å²) >= 11 is 6.11. The Hall–Kier alpha value is -2.53. The first-order chi connectivity index (χ1) is 11.6. The summed E-state index contributed by atoms with van der Waals surface area (Å²) in [6.07, 6.45) is 2.49. The lowest BCUT2D eigenvalue weighted by atomic mass is 10.1. The lowest BCUT2D eigenvalue weighted by Gasteiger charge is -2.12. The Labute approximate surface area is 144 Å². The molecular formula is C18H17ClN2O3. The molecule has 0 atom stereocenters. The maximum absolute atomic E-state index is 11.3. The van der Waals surface area contributed by atoms with E-state index < -0.39 is 5.97 Å². The van der Waals surface area contributed by atoms with E-state index in [0.29, 0.717) is 23.6 Å². The predicted molar refractivity (Wildman–Crippen MR) is 93.0 cm³/mol. The lowest BCUT2D eigenvalue weighted by Crippen LogP contribution is -2.05. The molecule has 0 saturated carbocycles. The standard InChI is InChI=1S/C18H17ClN2O3/c1-2-8-24-17-7-6-13(19)9-12(17)11-21-16-5-3-4-14(18(22)23)15(16)10-20-21/h3-7,9-10H,2,8,11H2,1H3,(H,22,23). The number of halogens is 1. The molecule has 0 radical (unpaired) electrons. The number of hydrogen-bond donors (Lipinski definition) is 1. The molecule has 0 aliphatic rings. The van der Waals surface area contributed by atoms with Crippen LogP contribution in [0.5, 0.6) is 5.75 Å². The molecule has 1 N–H and O–H groups in total. The maximum Gasteiger partial charge on any atom is 0.336 e. The number of hydrogen-bond acceptors (Lipinski definition) is 3. The molecule has 0 saturated heterocycles.